The standard InChI is InChI=1S/C30H26N.C29H31N2.C26H27N2/c1-21-9-7-8-12-28(21)30-19-29(22(2)20-31(30)3)27-16-15-25-17-24(13-14-26(25)18-27)23-10-5-4-6-11-23;1-21-9-5-6-10-27(21)29-19-28(22(2)20-30(29)3)25-12-11-24-18-26(14-13-23(24)17-25)31-15-7-4-8-16-31;1-18-8-6-7-9-24(18)26-16-25(19(2)17-28(26)5)22-11-10-21-15-23(27(3)4)13-12-20(21)14-22/h4-20H,1-3H3;5-6,9-14,17-20H,4,7-8,15-16H2,1-3H3;6-17H,1-5H3/q3*+1/i3*2D3. The highest BCUT2D eigenvalue weighted by Crippen LogP contribution is 2.36. The molecule has 14 rings (SSSR count). The molecule has 13 aromatic rings. The largest absolute Gasteiger partial charge is 0.378 e. The van der Waals surface area contributed by atoms with Gasteiger partial charge in [-0.15, -0.1) is 0 Å². The van der Waals surface area contributed by atoms with E-state index in [0.29, 0.717) is 16.7 Å². The fraction of sp³-hybridized carbons (Fsp3) is 0.188. The van der Waals surface area contributed by atoms with E-state index < -0.39 is 20.6 Å². The summed E-state index contributed by atoms with van der Waals surface area (Å²) < 4.78 is 79.3. The highest BCUT2D eigenvalue weighted by Gasteiger charge is 2.21. The van der Waals surface area contributed by atoms with Crippen LogP contribution in [-0.4, -0.2) is 27.2 Å². The molecule has 0 unspecified atom stereocenters. The molecule has 3 aromatic heterocycles. The van der Waals surface area contributed by atoms with Gasteiger partial charge in [0, 0.05) is 102 Å². The second-order valence-electron chi connectivity index (χ2n) is 24.3. The van der Waals surface area contributed by atoms with Gasteiger partial charge in [-0.1, -0.05) is 146 Å². The van der Waals surface area contributed by atoms with E-state index in [-0.39, 0.29) is 0 Å². The molecule has 1 saturated heterocycles. The average molecular weight is 1180 g/mol. The van der Waals surface area contributed by atoms with Gasteiger partial charge in [0.2, 0.25) is 17.1 Å². The Hall–Kier alpha value is -9.97. The van der Waals surface area contributed by atoms with Gasteiger partial charge in [-0.25, -0.2) is 13.7 Å². The SMILES string of the molecule is [2H]C([2H])([2H])c1c[n+](C)c(-c2ccccc2C)cc1-c1ccc2cc(-c3ccccc3)ccc2c1.[2H]C([2H])([2H])c1c[n+](C)c(-c2ccccc2C)cc1-c1ccc2cc(N(C)C)ccc2c1.[2H]C([2H])([2H])c1c[n+](C)c(-c2ccccc2C)cc1-c1ccc2cc(N3CCCCC3)ccc2c1. The van der Waals surface area contributed by atoms with Gasteiger partial charge < -0.3 is 9.80 Å². The van der Waals surface area contributed by atoms with Crippen molar-refractivity contribution < 1.29 is 26.0 Å². The van der Waals surface area contributed by atoms with Gasteiger partial charge in [0.15, 0.2) is 18.6 Å². The summed E-state index contributed by atoms with van der Waals surface area (Å²) in [5.41, 5.74) is 20.6. The molecule has 1 fully saturated rings. The monoisotopic (exact) mass is 1180 g/mol. The summed E-state index contributed by atoms with van der Waals surface area (Å²) in [7, 11) is 9.78. The van der Waals surface area contributed by atoms with E-state index in [1.54, 1.807) is 18.6 Å². The first-order valence-corrected chi connectivity index (χ1v) is 31.2. The maximum Gasteiger partial charge on any atom is 0.213 e. The third-order valence-corrected chi connectivity index (χ3v) is 17.9. The lowest BCUT2D eigenvalue weighted by molar-refractivity contribution is -0.660. The molecule has 1 aliphatic heterocycles. The number of nitrogens with zero attached hydrogens (tertiary/aromatic N) is 5. The zero-order valence-corrected chi connectivity index (χ0v) is 52.9. The number of rotatable bonds is 9. The van der Waals surface area contributed by atoms with E-state index in [1.165, 1.54) is 35.9 Å². The van der Waals surface area contributed by atoms with E-state index in [1.807, 2.05) is 134 Å². The summed E-state index contributed by atoms with van der Waals surface area (Å²) in [6.07, 6.45) is 9.11. The van der Waals surface area contributed by atoms with E-state index >= 15 is 0 Å². The van der Waals surface area contributed by atoms with Gasteiger partial charge in [0.25, 0.3) is 0 Å². The minimum atomic E-state index is -2.22. The van der Waals surface area contributed by atoms with Crippen LogP contribution in [0.3, 0.4) is 0 Å². The van der Waals surface area contributed by atoms with Crippen LogP contribution in [0.1, 0.15) is 65.0 Å². The van der Waals surface area contributed by atoms with Crippen molar-refractivity contribution in [1.82, 2.24) is 0 Å². The zero-order chi connectivity index (χ0) is 70.1. The molecule has 90 heavy (non-hydrogen) atoms. The average Bonchev–Trinajstić information content (AvgIpc) is 0.775. The molecular weight excluding hydrogens is 1090 g/mol. The molecule has 0 saturated carbocycles. The maximum atomic E-state index is 8.20. The van der Waals surface area contributed by atoms with Gasteiger partial charge in [0.05, 0.1) is 0 Å². The Morgan fingerprint density at radius 1 is 0.322 bits per heavy atom. The van der Waals surface area contributed by atoms with Crippen LogP contribution in [0.25, 0.3) is 111 Å². The zero-order valence-electron chi connectivity index (χ0n) is 61.9. The van der Waals surface area contributed by atoms with Crippen molar-refractivity contribution in [2.75, 3.05) is 37.0 Å². The van der Waals surface area contributed by atoms with Crippen LogP contribution < -0.4 is 23.5 Å². The molecule has 0 N–H and O–H groups in total. The normalized spacial score (nSPS) is 14.0. The molecule has 0 bridgehead atoms. The molecule has 0 radical (unpaired) electrons. The molecule has 5 nitrogen and oxygen atoms in total. The smallest absolute Gasteiger partial charge is 0.213 e. The van der Waals surface area contributed by atoms with Crippen molar-refractivity contribution in [1.29, 1.82) is 0 Å². The lowest BCUT2D eigenvalue weighted by atomic mass is 9.94. The minimum absolute atomic E-state index is 0.354. The third-order valence-electron chi connectivity index (χ3n) is 17.9. The number of pyridine rings is 3. The summed E-state index contributed by atoms with van der Waals surface area (Å²) in [5.74, 6) is 0. The number of piperidine rings is 1. The van der Waals surface area contributed by atoms with Gasteiger partial charge in [-0.05, 0) is 221 Å². The number of benzene rings is 10. The summed E-state index contributed by atoms with van der Waals surface area (Å²) in [6, 6.07) is 79.0. The molecule has 0 aliphatic carbocycles. The second kappa shape index (κ2) is 26.4. The van der Waals surface area contributed by atoms with Crippen molar-refractivity contribution in [3.8, 4) is 78.3 Å². The Labute approximate surface area is 546 Å². The van der Waals surface area contributed by atoms with Crippen LogP contribution in [0.15, 0.2) is 249 Å². The number of hydrogen-bond acceptors (Lipinski definition) is 2. The van der Waals surface area contributed by atoms with E-state index in [0.717, 1.165) is 135 Å². The first kappa shape index (κ1) is 50.0. The van der Waals surface area contributed by atoms with Crippen molar-refractivity contribution in [2.24, 2.45) is 21.1 Å². The molecule has 0 atom stereocenters. The maximum absolute atomic E-state index is 8.20. The number of aryl methyl sites for hydroxylation is 9. The highest BCUT2D eigenvalue weighted by atomic mass is 15.1. The van der Waals surface area contributed by atoms with Crippen molar-refractivity contribution in [2.45, 2.75) is 60.6 Å². The Morgan fingerprint density at radius 2 is 0.678 bits per heavy atom. The third kappa shape index (κ3) is 13.0. The van der Waals surface area contributed by atoms with Crippen LogP contribution in [0.2, 0.25) is 0 Å². The van der Waals surface area contributed by atoms with Crippen molar-refractivity contribution in [3.05, 3.63) is 282 Å². The van der Waals surface area contributed by atoms with E-state index in [2.05, 4.69) is 176 Å². The van der Waals surface area contributed by atoms with E-state index in [4.69, 9.17) is 12.3 Å². The first-order valence-electron chi connectivity index (χ1n) is 35.7. The quantitative estimate of drug-likeness (QED) is 0.134. The molecule has 446 valence electrons. The molecular formula is C85H84N5+3. The molecule has 0 amide bonds. The Bertz CT molecular complexity index is 5140. The summed E-state index contributed by atoms with van der Waals surface area (Å²) in [5, 5.41) is 6.74. The molecule has 4 heterocycles. The lowest BCUT2D eigenvalue weighted by Crippen LogP contribution is -2.31. The minimum Gasteiger partial charge on any atom is -0.378 e. The van der Waals surface area contributed by atoms with Crippen LogP contribution in [0.5, 0.6) is 0 Å². The summed E-state index contributed by atoms with van der Waals surface area (Å²) in [4.78, 5) is 4.54. The van der Waals surface area contributed by atoms with E-state index in [9.17, 15) is 0 Å². The predicted octanol–water partition coefficient (Wildman–Crippen LogP) is 19.6. The van der Waals surface area contributed by atoms with Gasteiger partial charge in [-0.3, -0.25) is 0 Å². The van der Waals surface area contributed by atoms with Crippen LogP contribution in [0, 0.1) is 41.3 Å². The van der Waals surface area contributed by atoms with Crippen molar-refractivity contribution in [3.63, 3.8) is 0 Å². The molecule has 5 heteroatoms. The number of aromatic nitrogens is 3. The topological polar surface area (TPSA) is 18.1 Å². The molecule has 1 aliphatic rings. The Balaban J connectivity index is 0.000000141. The molecule has 0 spiro atoms. The summed E-state index contributed by atoms with van der Waals surface area (Å²) in [6.45, 7) is 1.85. The predicted molar refractivity (Wildman–Crippen MR) is 382 cm³/mol. The lowest BCUT2D eigenvalue weighted by Gasteiger charge is -2.29. The van der Waals surface area contributed by atoms with Gasteiger partial charge in [-0.2, -0.15) is 0 Å². The first-order chi connectivity index (χ1) is 47.3. The van der Waals surface area contributed by atoms with Crippen molar-refractivity contribution >= 4 is 43.7 Å². The van der Waals surface area contributed by atoms with Gasteiger partial charge >= 0.3 is 0 Å². The number of hydrogen-bond donors (Lipinski definition) is 0. The van der Waals surface area contributed by atoms with Crippen LogP contribution in [0.4, 0.5) is 11.4 Å². The number of fused-ring (bicyclic) bond motifs is 3. The fourth-order valence-electron chi connectivity index (χ4n) is 12.7. The highest BCUT2D eigenvalue weighted by molar-refractivity contribution is 5.94. The van der Waals surface area contributed by atoms with Crippen LogP contribution >= 0.6 is 0 Å². The van der Waals surface area contributed by atoms with Gasteiger partial charge in [0.1, 0.15) is 21.1 Å². The summed E-state index contributed by atoms with van der Waals surface area (Å²) >= 11 is 0. The molecule has 10 aromatic carbocycles. The fourth-order valence-corrected chi connectivity index (χ4v) is 12.7. The second-order valence-corrected chi connectivity index (χ2v) is 24.3. The Kier molecular flexibility index (Phi) is 14.6. The Morgan fingerprint density at radius 3 is 1.09 bits per heavy atom. The van der Waals surface area contributed by atoms with Crippen LogP contribution in [-0.2, 0) is 21.1 Å². The number of anilines is 2.